The number of hydrogen-bond donors (Lipinski definition) is 0. The number of benzene rings is 2. The van der Waals surface area contributed by atoms with Crippen molar-refractivity contribution in [1.82, 2.24) is 14.3 Å². The molecule has 0 fully saturated rings. The average molecular weight is 343 g/mol. The van der Waals surface area contributed by atoms with Crippen LogP contribution in [-0.4, -0.2) is 21.5 Å². The van der Waals surface area contributed by atoms with E-state index in [1.807, 2.05) is 48.3 Å². The molecule has 0 atom stereocenters. The van der Waals surface area contributed by atoms with E-state index in [0.717, 1.165) is 34.1 Å². The summed E-state index contributed by atoms with van der Waals surface area (Å²) in [5.41, 5.74) is 6.48. The van der Waals surface area contributed by atoms with Gasteiger partial charge in [0.15, 0.2) is 0 Å². The minimum Gasteiger partial charge on any atom is -0.497 e. The van der Waals surface area contributed by atoms with Crippen molar-refractivity contribution in [3.63, 3.8) is 0 Å². The van der Waals surface area contributed by atoms with Crippen LogP contribution in [0.1, 0.15) is 5.56 Å². The molecule has 0 saturated heterocycles. The van der Waals surface area contributed by atoms with Crippen LogP contribution in [0, 0.1) is 6.92 Å². The Morgan fingerprint density at radius 1 is 0.885 bits per heavy atom. The number of methoxy groups -OCH3 is 1. The van der Waals surface area contributed by atoms with Gasteiger partial charge in [-0.3, -0.25) is 0 Å². The number of ether oxygens (including phenoxy) is 1. The first kappa shape index (κ1) is 16.2. The third kappa shape index (κ3) is 2.90. The summed E-state index contributed by atoms with van der Waals surface area (Å²) in [6.07, 6.45) is 2.04. The Kier molecular flexibility index (Phi) is 4.09. The van der Waals surface area contributed by atoms with Gasteiger partial charge in [-0.1, -0.05) is 23.8 Å². The van der Waals surface area contributed by atoms with Crippen LogP contribution in [0.5, 0.6) is 5.75 Å². The van der Waals surface area contributed by atoms with Gasteiger partial charge in [0.25, 0.3) is 0 Å². The molecule has 2 heterocycles. The normalized spacial score (nSPS) is 10.9. The summed E-state index contributed by atoms with van der Waals surface area (Å²) in [6.45, 7) is 2.11. The second kappa shape index (κ2) is 6.56. The highest BCUT2D eigenvalue weighted by molar-refractivity contribution is 5.69. The lowest BCUT2D eigenvalue weighted by Crippen LogP contribution is -2.00. The minimum atomic E-state index is 0.834. The zero-order valence-electron chi connectivity index (χ0n) is 15.2. The second-order valence-corrected chi connectivity index (χ2v) is 6.40. The first-order valence-electron chi connectivity index (χ1n) is 8.59. The highest BCUT2D eigenvalue weighted by Crippen LogP contribution is 2.29. The molecule has 4 rings (SSSR count). The summed E-state index contributed by atoms with van der Waals surface area (Å²) in [4.78, 5) is 0. The van der Waals surface area contributed by atoms with Crippen LogP contribution in [0.4, 0.5) is 0 Å². The largest absolute Gasteiger partial charge is 0.497 e. The van der Waals surface area contributed by atoms with Gasteiger partial charge in [0.2, 0.25) is 0 Å². The third-order valence-electron chi connectivity index (χ3n) is 4.55. The number of nitrogens with zero attached hydrogens (tertiary/aromatic N) is 3. The predicted octanol–water partition coefficient (Wildman–Crippen LogP) is 4.86. The zero-order chi connectivity index (χ0) is 18.1. The molecule has 0 aliphatic carbocycles. The first-order chi connectivity index (χ1) is 12.7. The Morgan fingerprint density at radius 2 is 1.69 bits per heavy atom. The fourth-order valence-electron chi connectivity index (χ4n) is 3.16. The topological polar surface area (TPSA) is 32.0 Å². The summed E-state index contributed by atoms with van der Waals surface area (Å²) in [7, 11) is 3.71. The van der Waals surface area contributed by atoms with Gasteiger partial charge in [-0.2, -0.15) is 5.10 Å². The van der Waals surface area contributed by atoms with Gasteiger partial charge >= 0.3 is 0 Å². The van der Waals surface area contributed by atoms with Crippen molar-refractivity contribution < 1.29 is 4.74 Å². The summed E-state index contributed by atoms with van der Waals surface area (Å²) >= 11 is 0. The zero-order valence-corrected chi connectivity index (χ0v) is 15.2. The maximum Gasteiger partial charge on any atom is 0.119 e. The molecule has 0 N–H and O–H groups in total. The monoisotopic (exact) mass is 343 g/mol. The predicted molar refractivity (Wildman–Crippen MR) is 105 cm³/mol. The molecule has 4 aromatic rings. The number of rotatable bonds is 4. The first-order valence-corrected chi connectivity index (χ1v) is 8.59. The van der Waals surface area contributed by atoms with Gasteiger partial charge in [-0.15, -0.1) is 0 Å². The van der Waals surface area contributed by atoms with Crippen LogP contribution in [-0.2, 0) is 7.05 Å². The van der Waals surface area contributed by atoms with Gasteiger partial charge in [0.1, 0.15) is 11.4 Å². The molecule has 2 aromatic carbocycles. The molecule has 0 saturated carbocycles. The highest BCUT2D eigenvalue weighted by atomic mass is 16.5. The van der Waals surface area contributed by atoms with E-state index in [-0.39, 0.29) is 0 Å². The van der Waals surface area contributed by atoms with Gasteiger partial charge in [0, 0.05) is 18.8 Å². The van der Waals surface area contributed by atoms with Crippen LogP contribution < -0.4 is 4.74 Å². The molecule has 0 aliphatic rings. The summed E-state index contributed by atoms with van der Waals surface area (Å²) < 4.78 is 9.36. The smallest absolute Gasteiger partial charge is 0.119 e. The van der Waals surface area contributed by atoms with Gasteiger partial charge in [0.05, 0.1) is 24.2 Å². The van der Waals surface area contributed by atoms with Crippen molar-refractivity contribution in [2.24, 2.45) is 7.05 Å². The van der Waals surface area contributed by atoms with Crippen molar-refractivity contribution >= 4 is 0 Å². The third-order valence-corrected chi connectivity index (χ3v) is 4.55. The Morgan fingerprint density at radius 3 is 2.35 bits per heavy atom. The standard InChI is InChI=1S/C22H21N3O/c1-16-6-4-7-17(14-16)22-15-20(21-8-5-13-24(21)2)23-25(22)18-9-11-19(26-3)12-10-18/h4-15H,1-3H3. The lowest BCUT2D eigenvalue weighted by atomic mass is 10.1. The average Bonchev–Trinajstić information content (AvgIpc) is 3.28. The molecular formula is C22H21N3O. The summed E-state index contributed by atoms with van der Waals surface area (Å²) in [6, 6.07) is 22.7. The molecule has 130 valence electrons. The molecule has 2 aromatic heterocycles. The van der Waals surface area contributed by atoms with E-state index in [9.17, 15) is 0 Å². The number of aromatic nitrogens is 3. The molecule has 0 spiro atoms. The molecule has 0 radical (unpaired) electrons. The Hall–Kier alpha value is -3.27. The Balaban J connectivity index is 1.90. The Labute approximate surface area is 153 Å². The maximum absolute atomic E-state index is 5.28. The van der Waals surface area contributed by atoms with E-state index >= 15 is 0 Å². The second-order valence-electron chi connectivity index (χ2n) is 6.40. The van der Waals surface area contributed by atoms with Gasteiger partial charge < -0.3 is 9.30 Å². The number of aryl methyl sites for hydroxylation is 2. The van der Waals surface area contributed by atoms with Gasteiger partial charge in [-0.25, -0.2) is 4.68 Å². The van der Waals surface area contributed by atoms with Crippen molar-refractivity contribution in [1.29, 1.82) is 0 Å². The summed E-state index contributed by atoms with van der Waals surface area (Å²) in [5.74, 6) is 0.834. The van der Waals surface area contributed by atoms with Crippen LogP contribution in [0.2, 0.25) is 0 Å². The van der Waals surface area contributed by atoms with Crippen LogP contribution in [0.3, 0.4) is 0 Å². The Bertz CT molecular complexity index is 1040. The van der Waals surface area contributed by atoms with Crippen LogP contribution in [0.25, 0.3) is 28.3 Å². The van der Waals surface area contributed by atoms with Crippen molar-refractivity contribution in [3.05, 3.63) is 78.5 Å². The van der Waals surface area contributed by atoms with Crippen LogP contribution >= 0.6 is 0 Å². The van der Waals surface area contributed by atoms with E-state index in [0.29, 0.717) is 0 Å². The van der Waals surface area contributed by atoms with E-state index in [1.54, 1.807) is 7.11 Å². The number of hydrogen-bond acceptors (Lipinski definition) is 2. The highest BCUT2D eigenvalue weighted by Gasteiger charge is 2.14. The molecule has 0 bridgehead atoms. The molecule has 26 heavy (non-hydrogen) atoms. The lowest BCUT2D eigenvalue weighted by molar-refractivity contribution is 0.414. The van der Waals surface area contributed by atoms with E-state index in [1.165, 1.54) is 5.56 Å². The maximum atomic E-state index is 5.28. The lowest BCUT2D eigenvalue weighted by Gasteiger charge is -2.09. The van der Waals surface area contributed by atoms with Crippen molar-refractivity contribution in [2.45, 2.75) is 6.92 Å². The quantitative estimate of drug-likeness (QED) is 0.530. The molecule has 0 unspecified atom stereocenters. The van der Waals surface area contributed by atoms with Crippen molar-refractivity contribution in [3.8, 4) is 34.1 Å². The van der Waals surface area contributed by atoms with Gasteiger partial charge in [-0.05, 0) is 55.5 Å². The SMILES string of the molecule is COc1ccc(-n2nc(-c3cccn3C)cc2-c2cccc(C)c2)cc1. The van der Waals surface area contributed by atoms with Crippen molar-refractivity contribution in [2.75, 3.05) is 7.11 Å². The molecular weight excluding hydrogens is 322 g/mol. The fourth-order valence-corrected chi connectivity index (χ4v) is 3.16. The minimum absolute atomic E-state index is 0.834. The molecule has 0 aliphatic heterocycles. The van der Waals surface area contributed by atoms with Crippen LogP contribution in [0.15, 0.2) is 72.9 Å². The fraction of sp³-hybridized carbons (Fsp3) is 0.136. The van der Waals surface area contributed by atoms with E-state index in [2.05, 4.69) is 47.9 Å². The molecule has 0 amide bonds. The molecule has 4 heteroatoms. The van der Waals surface area contributed by atoms with E-state index in [4.69, 9.17) is 9.84 Å². The summed E-state index contributed by atoms with van der Waals surface area (Å²) in [5, 5.41) is 4.90. The van der Waals surface area contributed by atoms with E-state index < -0.39 is 0 Å². The molecule has 4 nitrogen and oxygen atoms in total.